The fourth-order valence-corrected chi connectivity index (χ4v) is 4.47. The van der Waals surface area contributed by atoms with E-state index in [-0.39, 0.29) is 24.6 Å². The molecule has 0 aromatic carbocycles. The zero-order valence-corrected chi connectivity index (χ0v) is 16.9. The van der Waals surface area contributed by atoms with Gasteiger partial charge in [-0.3, -0.25) is 14.2 Å². The Bertz CT molecular complexity index is 1180. The monoisotopic (exact) mass is 415 g/mol. The second kappa shape index (κ2) is 7.64. The van der Waals surface area contributed by atoms with Crippen molar-refractivity contribution in [3.8, 4) is 10.4 Å². The van der Waals surface area contributed by atoms with E-state index in [0.29, 0.717) is 28.4 Å². The third kappa shape index (κ3) is 3.48. The van der Waals surface area contributed by atoms with Crippen LogP contribution < -0.4 is 5.56 Å². The first-order valence-electron chi connectivity index (χ1n) is 8.62. The molecule has 144 valence electrons. The number of aryl methyl sites for hydroxylation is 1. The Morgan fingerprint density at radius 2 is 2.21 bits per heavy atom. The highest BCUT2D eigenvalue weighted by atomic mass is 32.1. The first kappa shape index (κ1) is 18.5. The summed E-state index contributed by atoms with van der Waals surface area (Å²) in [5, 5.41) is 8.27. The van der Waals surface area contributed by atoms with Crippen molar-refractivity contribution in [1.29, 1.82) is 0 Å². The van der Waals surface area contributed by atoms with Gasteiger partial charge in [0.1, 0.15) is 11.4 Å². The molecule has 0 spiro atoms. The van der Waals surface area contributed by atoms with Gasteiger partial charge in [0.25, 0.3) is 5.56 Å². The molecule has 10 heteroatoms. The normalized spacial score (nSPS) is 11.2. The molecule has 0 N–H and O–H groups in total. The number of thiophene rings is 2. The van der Waals surface area contributed by atoms with Gasteiger partial charge in [0.2, 0.25) is 11.8 Å². The van der Waals surface area contributed by atoms with Gasteiger partial charge >= 0.3 is 0 Å². The largest absolute Gasteiger partial charge is 0.337 e. The lowest BCUT2D eigenvalue weighted by Crippen LogP contribution is -2.33. The van der Waals surface area contributed by atoms with E-state index in [1.165, 1.54) is 27.1 Å². The summed E-state index contributed by atoms with van der Waals surface area (Å²) in [5.74, 6) is 0.721. The maximum absolute atomic E-state index is 13.0. The number of likely N-dealkylation sites (N-methyl/N-ethyl adjacent to an activating group) is 1. The highest BCUT2D eigenvalue weighted by Crippen LogP contribution is 2.33. The van der Waals surface area contributed by atoms with Gasteiger partial charge in [0.05, 0.1) is 18.3 Å². The minimum atomic E-state index is -0.243. The van der Waals surface area contributed by atoms with Crippen molar-refractivity contribution in [2.24, 2.45) is 0 Å². The maximum atomic E-state index is 13.0. The Balaban J connectivity index is 1.57. The molecule has 0 saturated carbocycles. The van der Waals surface area contributed by atoms with E-state index in [1.54, 1.807) is 18.4 Å². The molecule has 0 unspecified atom stereocenters. The van der Waals surface area contributed by atoms with Crippen molar-refractivity contribution >= 4 is 38.8 Å². The smallest absolute Gasteiger partial charge is 0.263 e. The third-order valence-electron chi connectivity index (χ3n) is 4.28. The van der Waals surface area contributed by atoms with Crippen LogP contribution >= 0.6 is 22.7 Å². The summed E-state index contributed by atoms with van der Waals surface area (Å²) in [7, 11) is 1.64. The van der Waals surface area contributed by atoms with E-state index in [0.717, 1.165) is 10.4 Å². The van der Waals surface area contributed by atoms with Gasteiger partial charge in [-0.15, -0.1) is 22.7 Å². The number of amides is 1. The first-order valence-corrected chi connectivity index (χ1v) is 10.4. The minimum absolute atomic E-state index is 0.104. The number of carbonyl (C=O) groups is 1. The SMILES string of the molecule is CCc1noc(CN(C)C(=O)Cn2cnc3scc(-c4cccs4)c3c2=O)n1. The molecule has 0 radical (unpaired) electrons. The summed E-state index contributed by atoms with van der Waals surface area (Å²) in [6, 6.07) is 3.91. The van der Waals surface area contributed by atoms with E-state index < -0.39 is 0 Å². The van der Waals surface area contributed by atoms with Crippen molar-refractivity contribution in [3.63, 3.8) is 0 Å². The van der Waals surface area contributed by atoms with Crippen molar-refractivity contribution in [1.82, 2.24) is 24.6 Å². The van der Waals surface area contributed by atoms with Crippen LogP contribution in [-0.2, 0) is 24.3 Å². The Hall–Kier alpha value is -2.85. The molecule has 0 saturated heterocycles. The average molecular weight is 416 g/mol. The maximum Gasteiger partial charge on any atom is 0.263 e. The lowest BCUT2D eigenvalue weighted by atomic mass is 10.2. The van der Waals surface area contributed by atoms with Gasteiger partial charge < -0.3 is 9.42 Å². The predicted octanol–water partition coefficient (Wildman–Crippen LogP) is 2.79. The fourth-order valence-electron chi connectivity index (χ4n) is 2.75. The molecular formula is C18H17N5O3S2. The molecule has 0 aliphatic rings. The van der Waals surface area contributed by atoms with Crippen LogP contribution in [-0.4, -0.2) is 37.5 Å². The summed E-state index contributed by atoms with van der Waals surface area (Å²) in [6.45, 7) is 2.01. The summed E-state index contributed by atoms with van der Waals surface area (Å²) in [4.78, 5) is 37.3. The van der Waals surface area contributed by atoms with Gasteiger partial charge in [0, 0.05) is 29.3 Å². The molecular weight excluding hydrogens is 398 g/mol. The molecule has 0 fully saturated rings. The molecule has 0 atom stereocenters. The molecule has 1 amide bonds. The lowest BCUT2D eigenvalue weighted by molar-refractivity contribution is -0.131. The number of rotatable bonds is 6. The number of nitrogens with zero attached hydrogens (tertiary/aromatic N) is 5. The number of aromatic nitrogens is 4. The van der Waals surface area contributed by atoms with Gasteiger partial charge in [-0.05, 0) is 11.4 Å². The van der Waals surface area contributed by atoms with Crippen LogP contribution in [0.2, 0.25) is 0 Å². The van der Waals surface area contributed by atoms with Gasteiger partial charge in [-0.1, -0.05) is 18.1 Å². The van der Waals surface area contributed by atoms with Crippen LogP contribution in [0.3, 0.4) is 0 Å². The van der Waals surface area contributed by atoms with E-state index in [4.69, 9.17) is 4.52 Å². The molecule has 4 aromatic heterocycles. The van der Waals surface area contributed by atoms with Gasteiger partial charge in [0.15, 0.2) is 5.82 Å². The van der Waals surface area contributed by atoms with Crippen LogP contribution in [0.15, 0.2) is 38.5 Å². The molecule has 0 aliphatic heterocycles. The van der Waals surface area contributed by atoms with Crippen LogP contribution in [0.25, 0.3) is 20.7 Å². The summed E-state index contributed by atoms with van der Waals surface area (Å²) in [6.07, 6.45) is 2.09. The molecule has 28 heavy (non-hydrogen) atoms. The second-order valence-electron chi connectivity index (χ2n) is 6.19. The number of carbonyl (C=O) groups excluding carboxylic acids is 1. The van der Waals surface area contributed by atoms with Crippen LogP contribution in [0, 0.1) is 0 Å². The Kier molecular flexibility index (Phi) is 5.05. The standard InChI is InChI=1S/C18H17N5O3S2/c1-3-13-20-14(26-21-13)7-22(2)15(24)8-23-10-19-17-16(18(23)25)11(9-28-17)12-5-4-6-27-12/h4-6,9-10H,3,7-8H2,1-2H3. The van der Waals surface area contributed by atoms with Crippen LogP contribution in [0.5, 0.6) is 0 Å². The van der Waals surface area contributed by atoms with Crippen molar-refractivity contribution < 1.29 is 9.32 Å². The second-order valence-corrected chi connectivity index (χ2v) is 8.00. The van der Waals surface area contributed by atoms with Crippen LogP contribution in [0.1, 0.15) is 18.6 Å². The molecule has 4 heterocycles. The lowest BCUT2D eigenvalue weighted by Gasteiger charge is -2.15. The summed E-state index contributed by atoms with van der Waals surface area (Å²) >= 11 is 2.99. The Morgan fingerprint density at radius 3 is 2.93 bits per heavy atom. The van der Waals surface area contributed by atoms with E-state index in [1.807, 2.05) is 29.8 Å². The first-order chi connectivity index (χ1) is 13.6. The zero-order chi connectivity index (χ0) is 19.7. The summed E-state index contributed by atoms with van der Waals surface area (Å²) < 4.78 is 6.46. The predicted molar refractivity (Wildman–Crippen MR) is 107 cm³/mol. The number of hydrogen-bond donors (Lipinski definition) is 0. The molecule has 0 bridgehead atoms. The van der Waals surface area contributed by atoms with E-state index in [9.17, 15) is 9.59 Å². The Morgan fingerprint density at radius 1 is 1.36 bits per heavy atom. The minimum Gasteiger partial charge on any atom is -0.337 e. The number of hydrogen-bond acceptors (Lipinski definition) is 8. The molecule has 0 aliphatic carbocycles. The Labute approximate surface area is 168 Å². The molecule has 8 nitrogen and oxygen atoms in total. The molecule has 4 aromatic rings. The quantitative estimate of drug-likeness (QED) is 0.481. The van der Waals surface area contributed by atoms with Crippen LogP contribution in [0.4, 0.5) is 0 Å². The molecule has 4 rings (SSSR count). The van der Waals surface area contributed by atoms with Gasteiger partial charge in [-0.25, -0.2) is 4.98 Å². The third-order valence-corrected chi connectivity index (χ3v) is 6.07. The van der Waals surface area contributed by atoms with E-state index >= 15 is 0 Å². The zero-order valence-electron chi connectivity index (χ0n) is 15.3. The van der Waals surface area contributed by atoms with E-state index in [2.05, 4.69) is 15.1 Å². The topological polar surface area (TPSA) is 94.1 Å². The van der Waals surface area contributed by atoms with Crippen molar-refractivity contribution in [2.45, 2.75) is 26.4 Å². The van der Waals surface area contributed by atoms with Gasteiger partial charge in [-0.2, -0.15) is 4.98 Å². The van der Waals surface area contributed by atoms with Crippen molar-refractivity contribution in [2.75, 3.05) is 7.05 Å². The highest BCUT2D eigenvalue weighted by molar-refractivity contribution is 7.18. The highest BCUT2D eigenvalue weighted by Gasteiger charge is 2.18. The summed E-state index contributed by atoms with van der Waals surface area (Å²) in [5.41, 5.74) is 0.642. The van der Waals surface area contributed by atoms with Crippen molar-refractivity contribution in [3.05, 3.63) is 51.3 Å². The fraction of sp³-hybridized carbons (Fsp3) is 0.278. The number of fused-ring (bicyclic) bond motifs is 1. The average Bonchev–Trinajstić information content (AvgIpc) is 3.43.